The third-order valence-electron chi connectivity index (χ3n) is 4.71. The molecule has 0 spiro atoms. The van der Waals surface area contributed by atoms with Gasteiger partial charge in [0.1, 0.15) is 22.7 Å². The molecule has 0 aromatic heterocycles. The van der Waals surface area contributed by atoms with E-state index in [4.69, 9.17) is 16.3 Å². The highest BCUT2D eigenvalue weighted by molar-refractivity contribution is 7.92. The van der Waals surface area contributed by atoms with Crippen LogP contribution in [0.1, 0.15) is 32.3 Å². The van der Waals surface area contributed by atoms with Gasteiger partial charge in [0.15, 0.2) is 9.84 Å². The Morgan fingerprint density at radius 1 is 1.14 bits per heavy atom. The van der Waals surface area contributed by atoms with Crippen molar-refractivity contribution >= 4 is 33.8 Å². The number of aldehydes is 1. The summed E-state index contributed by atoms with van der Waals surface area (Å²) in [5, 5.41) is 1.74. The van der Waals surface area contributed by atoms with Gasteiger partial charge >= 0.3 is 6.09 Å². The van der Waals surface area contributed by atoms with Crippen molar-refractivity contribution in [3.63, 3.8) is 0 Å². The van der Waals surface area contributed by atoms with E-state index < -0.39 is 38.2 Å². The summed E-state index contributed by atoms with van der Waals surface area (Å²) in [6.07, 6.45) is -0.379. The lowest BCUT2D eigenvalue weighted by atomic mass is 10.1. The van der Waals surface area contributed by atoms with Crippen LogP contribution >= 0.6 is 11.6 Å². The monoisotopic (exact) mass is 435 g/mol. The zero-order valence-electron chi connectivity index (χ0n) is 16.3. The van der Waals surface area contributed by atoms with Crippen LogP contribution in [0.15, 0.2) is 59.5 Å². The Morgan fingerprint density at radius 3 is 2.34 bits per heavy atom. The lowest BCUT2D eigenvalue weighted by Gasteiger charge is -2.22. The highest BCUT2D eigenvalue weighted by atomic mass is 35.5. The van der Waals surface area contributed by atoms with E-state index in [0.717, 1.165) is 0 Å². The summed E-state index contributed by atoms with van der Waals surface area (Å²) >= 11 is 6.08. The third kappa shape index (κ3) is 4.16. The van der Waals surface area contributed by atoms with Crippen molar-refractivity contribution in [1.82, 2.24) is 5.32 Å². The molecular weight excluding hydrogens is 414 g/mol. The average molecular weight is 436 g/mol. The first-order valence-corrected chi connectivity index (χ1v) is 11.0. The molecule has 0 radical (unpaired) electrons. The van der Waals surface area contributed by atoms with E-state index >= 15 is 0 Å². The Balaban J connectivity index is 2.05. The Morgan fingerprint density at radius 2 is 1.79 bits per heavy atom. The number of alkyl carbamates (subject to hydrolysis) is 1. The third-order valence-corrected chi connectivity index (χ3v) is 7.20. The number of ether oxygens (including phenoxy) is 1. The van der Waals surface area contributed by atoms with Crippen LogP contribution in [0.25, 0.3) is 0 Å². The van der Waals surface area contributed by atoms with E-state index in [0.29, 0.717) is 16.9 Å². The molecule has 2 aromatic carbocycles. The van der Waals surface area contributed by atoms with Crippen molar-refractivity contribution < 1.29 is 22.7 Å². The van der Waals surface area contributed by atoms with Crippen molar-refractivity contribution in [1.29, 1.82) is 0 Å². The van der Waals surface area contributed by atoms with Gasteiger partial charge in [0.25, 0.3) is 0 Å². The molecule has 1 saturated carbocycles. The summed E-state index contributed by atoms with van der Waals surface area (Å²) in [5.41, 5.74) is -1.91. The lowest BCUT2D eigenvalue weighted by Crippen LogP contribution is -2.45. The number of halogens is 1. The lowest BCUT2D eigenvalue weighted by molar-refractivity contribution is -0.110. The van der Waals surface area contributed by atoms with Gasteiger partial charge in [-0.05, 0) is 50.6 Å². The van der Waals surface area contributed by atoms with Gasteiger partial charge in [-0.3, -0.25) is 0 Å². The van der Waals surface area contributed by atoms with Crippen LogP contribution in [0, 0.1) is 0 Å². The molecule has 29 heavy (non-hydrogen) atoms. The van der Waals surface area contributed by atoms with Gasteiger partial charge in [0, 0.05) is 10.9 Å². The molecule has 3 atom stereocenters. The summed E-state index contributed by atoms with van der Waals surface area (Å²) in [6, 6.07) is 14.4. The van der Waals surface area contributed by atoms with E-state index in [9.17, 15) is 18.0 Å². The largest absolute Gasteiger partial charge is 0.444 e. The number of hydrogen-bond donors (Lipinski definition) is 1. The molecule has 0 unspecified atom stereocenters. The van der Waals surface area contributed by atoms with Crippen molar-refractivity contribution in [2.45, 2.75) is 48.0 Å². The Bertz CT molecular complexity index is 1030. The van der Waals surface area contributed by atoms with Crippen LogP contribution in [-0.2, 0) is 19.4 Å². The molecule has 0 aliphatic heterocycles. The first kappa shape index (κ1) is 21.3. The number of benzene rings is 2. The predicted molar refractivity (Wildman–Crippen MR) is 110 cm³/mol. The van der Waals surface area contributed by atoms with Crippen LogP contribution in [-0.4, -0.2) is 37.2 Å². The molecule has 2 aromatic rings. The van der Waals surface area contributed by atoms with Crippen molar-refractivity contribution in [2.24, 2.45) is 0 Å². The molecule has 1 aliphatic carbocycles. The molecule has 1 N–H and O–H groups in total. The minimum Gasteiger partial charge on any atom is -0.444 e. The number of hydrogen-bond acceptors (Lipinski definition) is 5. The molecular formula is C21H22ClNO5S. The van der Waals surface area contributed by atoms with E-state index in [1.165, 1.54) is 12.1 Å². The second-order valence-electron chi connectivity index (χ2n) is 7.99. The average Bonchev–Trinajstić information content (AvgIpc) is 3.30. The quantitative estimate of drug-likeness (QED) is 0.722. The van der Waals surface area contributed by atoms with E-state index in [-0.39, 0.29) is 4.90 Å². The topological polar surface area (TPSA) is 89.5 Å². The second kappa shape index (κ2) is 7.46. The van der Waals surface area contributed by atoms with Gasteiger partial charge in [-0.2, -0.15) is 0 Å². The summed E-state index contributed by atoms with van der Waals surface area (Å²) in [4.78, 5) is 24.7. The maximum Gasteiger partial charge on any atom is 0.408 e. The fraction of sp³-hybridized carbons (Fsp3) is 0.333. The van der Waals surface area contributed by atoms with Crippen LogP contribution in [0.5, 0.6) is 0 Å². The zero-order chi connectivity index (χ0) is 21.4. The van der Waals surface area contributed by atoms with Crippen molar-refractivity contribution in [3.8, 4) is 0 Å². The number of nitrogens with one attached hydrogen (secondary N) is 1. The number of carbonyl (C=O) groups excluding carboxylic acids is 2. The number of amides is 1. The van der Waals surface area contributed by atoms with Crippen LogP contribution < -0.4 is 5.32 Å². The van der Waals surface area contributed by atoms with Gasteiger partial charge in [0.2, 0.25) is 0 Å². The summed E-state index contributed by atoms with van der Waals surface area (Å²) in [7, 11) is -3.93. The van der Waals surface area contributed by atoms with E-state index in [1.807, 2.05) is 0 Å². The number of sulfone groups is 1. The smallest absolute Gasteiger partial charge is 0.408 e. The van der Waals surface area contributed by atoms with Gasteiger partial charge in [0.05, 0.1) is 4.90 Å². The highest BCUT2D eigenvalue weighted by Gasteiger charge is 2.73. The molecule has 3 rings (SSSR count). The Labute approximate surface area is 175 Å². The molecule has 1 fully saturated rings. The Hall–Kier alpha value is -2.38. The number of carbonyl (C=O) groups is 2. The Kier molecular flexibility index (Phi) is 5.49. The zero-order valence-corrected chi connectivity index (χ0v) is 17.8. The molecule has 1 amide bonds. The first-order chi connectivity index (χ1) is 13.5. The summed E-state index contributed by atoms with van der Waals surface area (Å²) in [5.74, 6) is -0.795. The predicted octanol–water partition coefficient (Wildman–Crippen LogP) is 3.74. The van der Waals surface area contributed by atoms with Crippen LogP contribution in [0.4, 0.5) is 4.79 Å². The fourth-order valence-corrected chi connectivity index (χ4v) is 5.98. The van der Waals surface area contributed by atoms with Gasteiger partial charge in [-0.1, -0.05) is 41.9 Å². The van der Waals surface area contributed by atoms with Gasteiger partial charge < -0.3 is 14.8 Å². The summed E-state index contributed by atoms with van der Waals surface area (Å²) < 4.78 is 31.9. The maximum atomic E-state index is 13.3. The van der Waals surface area contributed by atoms with Crippen LogP contribution in [0.2, 0.25) is 5.02 Å². The summed E-state index contributed by atoms with van der Waals surface area (Å²) in [6.45, 7) is 5.04. The highest BCUT2D eigenvalue weighted by Crippen LogP contribution is 2.56. The molecule has 0 bridgehead atoms. The number of rotatable bonds is 5. The normalized spacial score (nSPS) is 23.9. The van der Waals surface area contributed by atoms with E-state index in [1.54, 1.807) is 63.2 Å². The van der Waals surface area contributed by atoms with Crippen molar-refractivity contribution in [2.75, 3.05) is 0 Å². The minimum absolute atomic E-state index is 0.0757. The van der Waals surface area contributed by atoms with E-state index in [2.05, 4.69) is 5.32 Å². The van der Waals surface area contributed by atoms with Crippen molar-refractivity contribution in [3.05, 3.63) is 65.2 Å². The molecule has 0 saturated heterocycles. The fourth-order valence-electron chi connectivity index (χ4n) is 3.52. The SMILES string of the molecule is CC(C)(C)OC(=O)N[C@]1(C=O)[C@@H](c2cccc(Cl)c2)[C@@H]1S(=O)(=O)c1ccccc1. The molecule has 1 aliphatic rings. The maximum absolute atomic E-state index is 13.3. The molecule has 6 nitrogen and oxygen atoms in total. The molecule has 154 valence electrons. The standard InChI is InChI=1S/C21H22ClNO5S/c1-20(2,3)28-19(25)23-21(13-24)17(14-8-7-9-15(22)12-14)18(21)29(26,27)16-10-5-4-6-11-16/h4-13,17-18H,1-3H3,(H,23,25)/t17-,18-,21+/m0/s1. The second-order valence-corrected chi connectivity index (χ2v) is 10.5. The molecule has 0 heterocycles. The van der Waals surface area contributed by atoms with Gasteiger partial charge in [-0.25, -0.2) is 13.2 Å². The first-order valence-electron chi connectivity index (χ1n) is 9.03. The van der Waals surface area contributed by atoms with Crippen LogP contribution in [0.3, 0.4) is 0 Å². The van der Waals surface area contributed by atoms with Gasteiger partial charge in [-0.15, -0.1) is 0 Å². The molecule has 8 heteroatoms. The minimum atomic E-state index is -3.93.